The summed E-state index contributed by atoms with van der Waals surface area (Å²) in [6.45, 7) is 0.631. The molecule has 27 heavy (non-hydrogen) atoms. The Morgan fingerprint density at radius 2 is 1.59 bits per heavy atom. The molecule has 152 valence electrons. The number of unbranched alkanes of at least 4 members (excludes halogenated alkanes) is 5. The van der Waals surface area contributed by atoms with Crippen molar-refractivity contribution < 1.29 is 24.8 Å². The van der Waals surface area contributed by atoms with Crippen molar-refractivity contribution in [1.82, 2.24) is 0 Å². The summed E-state index contributed by atoms with van der Waals surface area (Å²) in [6.07, 6.45) is 4.79. The van der Waals surface area contributed by atoms with E-state index >= 15 is 0 Å². The summed E-state index contributed by atoms with van der Waals surface area (Å²) in [5.74, 6) is 4.72. The number of hydrogen-bond acceptors (Lipinski definition) is 9. The second-order valence-corrected chi connectivity index (χ2v) is 6.07. The van der Waals surface area contributed by atoms with Crippen LogP contribution in [0.2, 0.25) is 0 Å². The summed E-state index contributed by atoms with van der Waals surface area (Å²) in [5.41, 5.74) is 2.79. The first-order valence-corrected chi connectivity index (χ1v) is 8.75. The second-order valence-electron chi connectivity index (χ2n) is 6.07. The molecule has 0 aromatic heterocycles. The van der Waals surface area contributed by atoms with Gasteiger partial charge in [0.1, 0.15) is 0 Å². The molecule has 0 radical (unpaired) electrons. The zero-order chi connectivity index (χ0) is 20.1. The summed E-state index contributed by atoms with van der Waals surface area (Å²) < 4.78 is 0. The van der Waals surface area contributed by atoms with Gasteiger partial charge < -0.3 is 5.73 Å². The molecule has 1 rings (SSSR count). The van der Waals surface area contributed by atoms with Crippen LogP contribution in [0.25, 0.3) is 0 Å². The molecule has 11 nitrogen and oxygen atoms in total. The predicted octanol–water partition coefficient (Wildman–Crippen LogP) is 2.20. The van der Waals surface area contributed by atoms with Crippen molar-refractivity contribution in [2.24, 2.45) is 11.6 Å². The minimum absolute atomic E-state index is 0.0447. The van der Waals surface area contributed by atoms with E-state index in [4.69, 9.17) is 16.5 Å². The fraction of sp³-hybridized carbons (Fsp3) is 0.625. The monoisotopic (exact) mass is 386 g/mol. The van der Waals surface area contributed by atoms with Gasteiger partial charge in [-0.25, -0.2) is 0 Å². The molecule has 0 saturated carbocycles. The SMILES string of the molecule is NCCCCCCCCC([N+](=O)[O-])C(OOON)(c1ccccc1)[N+](=O)[O-]. The molecular weight excluding hydrogens is 360 g/mol. The third-order valence-corrected chi connectivity index (χ3v) is 4.30. The van der Waals surface area contributed by atoms with Crippen molar-refractivity contribution in [3.8, 4) is 0 Å². The lowest BCUT2D eigenvalue weighted by atomic mass is 9.91. The van der Waals surface area contributed by atoms with E-state index in [9.17, 15) is 20.2 Å². The minimum Gasteiger partial charge on any atom is -0.330 e. The van der Waals surface area contributed by atoms with Crippen LogP contribution in [0.1, 0.15) is 50.5 Å². The molecule has 0 saturated heterocycles. The third-order valence-electron chi connectivity index (χ3n) is 4.30. The van der Waals surface area contributed by atoms with E-state index in [0.717, 1.165) is 25.7 Å². The molecule has 0 bridgehead atoms. The van der Waals surface area contributed by atoms with Crippen LogP contribution in [-0.2, 0) is 20.6 Å². The van der Waals surface area contributed by atoms with E-state index < -0.39 is 21.6 Å². The van der Waals surface area contributed by atoms with Crippen LogP contribution < -0.4 is 11.6 Å². The van der Waals surface area contributed by atoms with E-state index in [1.54, 1.807) is 6.07 Å². The Morgan fingerprint density at radius 1 is 1.00 bits per heavy atom. The van der Waals surface area contributed by atoms with E-state index in [-0.39, 0.29) is 12.0 Å². The van der Waals surface area contributed by atoms with Gasteiger partial charge in [0.25, 0.3) is 0 Å². The Balaban J connectivity index is 2.96. The topological polar surface area (TPSA) is 166 Å². The number of nitrogens with two attached hydrogens (primary N) is 2. The van der Waals surface area contributed by atoms with Gasteiger partial charge in [-0.2, -0.15) is 5.90 Å². The highest BCUT2D eigenvalue weighted by Gasteiger charge is 2.63. The van der Waals surface area contributed by atoms with E-state index in [1.807, 2.05) is 0 Å². The maximum absolute atomic E-state index is 11.9. The minimum atomic E-state index is -2.59. The largest absolute Gasteiger partial charge is 0.445 e. The molecule has 0 fully saturated rings. The Kier molecular flexibility index (Phi) is 10.4. The Hall–Kier alpha value is -2.18. The highest BCUT2D eigenvalue weighted by molar-refractivity contribution is 5.21. The van der Waals surface area contributed by atoms with E-state index in [2.05, 4.69) is 10.0 Å². The van der Waals surface area contributed by atoms with Crippen molar-refractivity contribution >= 4 is 0 Å². The molecule has 4 N–H and O–H groups in total. The van der Waals surface area contributed by atoms with Gasteiger partial charge in [0.05, 0.1) is 10.5 Å². The van der Waals surface area contributed by atoms with Crippen molar-refractivity contribution in [1.29, 1.82) is 0 Å². The quantitative estimate of drug-likeness (QED) is 0.151. The molecule has 2 unspecified atom stereocenters. The number of rotatable bonds is 15. The first-order chi connectivity index (χ1) is 13.0. The fourth-order valence-corrected chi connectivity index (χ4v) is 2.94. The van der Waals surface area contributed by atoms with Crippen LogP contribution in [0.3, 0.4) is 0 Å². The Morgan fingerprint density at radius 3 is 2.11 bits per heavy atom. The lowest BCUT2D eigenvalue weighted by Crippen LogP contribution is -2.52. The number of hydrogen-bond donors (Lipinski definition) is 2. The zero-order valence-electron chi connectivity index (χ0n) is 15.0. The maximum atomic E-state index is 11.9. The molecular formula is C16H26N4O7. The van der Waals surface area contributed by atoms with Gasteiger partial charge >= 0.3 is 11.8 Å². The molecule has 0 heterocycles. The van der Waals surface area contributed by atoms with Crippen LogP contribution in [0.4, 0.5) is 0 Å². The van der Waals surface area contributed by atoms with Crippen LogP contribution in [0.15, 0.2) is 30.3 Å². The summed E-state index contributed by atoms with van der Waals surface area (Å²) in [5, 5.41) is 27.7. The van der Waals surface area contributed by atoms with Gasteiger partial charge in [-0.15, -0.1) is 9.88 Å². The molecule has 2 atom stereocenters. The van der Waals surface area contributed by atoms with Crippen molar-refractivity contribution in [3.05, 3.63) is 56.1 Å². The Bertz CT molecular complexity index is 575. The molecule has 0 spiro atoms. The van der Waals surface area contributed by atoms with Gasteiger partial charge in [-0.05, 0) is 36.6 Å². The summed E-state index contributed by atoms with van der Waals surface area (Å²) in [4.78, 5) is 30.5. The molecule has 0 amide bonds. The number of nitro groups is 2. The average molecular weight is 386 g/mol. The van der Waals surface area contributed by atoms with Gasteiger partial charge in [-0.1, -0.05) is 43.9 Å². The van der Waals surface area contributed by atoms with Crippen molar-refractivity contribution in [2.45, 2.75) is 56.7 Å². The second kappa shape index (κ2) is 12.3. The van der Waals surface area contributed by atoms with Crippen LogP contribution in [-0.4, -0.2) is 22.4 Å². The molecule has 0 aliphatic heterocycles. The normalized spacial score (nSPS) is 14.4. The Labute approximate surface area is 156 Å². The third kappa shape index (κ3) is 6.48. The predicted molar refractivity (Wildman–Crippen MR) is 94.7 cm³/mol. The summed E-state index contributed by atoms with van der Waals surface area (Å²) in [6, 6.07) is 5.65. The molecule has 0 aliphatic carbocycles. The van der Waals surface area contributed by atoms with Crippen LogP contribution in [0.5, 0.6) is 0 Å². The molecule has 1 aromatic carbocycles. The van der Waals surface area contributed by atoms with Gasteiger partial charge in [0.15, 0.2) is 0 Å². The maximum Gasteiger partial charge on any atom is 0.445 e. The van der Waals surface area contributed by atoms with E-state index in [1.165, 1.54) is 24.3 Å². The average Bonchev–Trinajstić information content (AvgIpc) is 2.66. The smallest absolute Gasteiger partial charge is 0.330 e. The molecule has 11 heteroatoms. The summed E-state index contributed by atoms with van der Waals surface area (Å²) in [7, 11) is 0. The van der Waals surface area contributed by atoms with Crippen molar-refractivity contribution in [2.75, 3.05) is 6.54 Å². The standard InChI is InChI=1S/C16H26N4O7/c17-13-9-4-2-1-3-8-12-15(19(21)22)16(20(23)24,25-27-26-18)14-10-6-5-7-11-14/h5-7,10-11,15H,1-4,8-9,12-13,17-18H2. The van der Waals surface area contributed by atoms with E-state index in [0.29, 0.717) is 19.4 Å². The first kappa shape index (κ1) is 22.9. The zero-order valence-corrected chi connectivity index (χ0v) is 15.0. The lowest BCUT2D eigenvalue weighted by molar-refractivity contribution is -0.767. The fourth-order valence-electron chi connectivity index (χ4n) is 2.94. The number of benzene rings is 1. The first-order valence-electron chi connectivity index (χ1n) is 8.75. The summed E-state index contributed by atoms with van der Waals surface area (Å²) >= 11 is 0. The van der Waals surface area contributed by atoms with Gasteiger partial charge in [-0.3, -0.25) is 20.2 Å². The highest BCUT2D eigenvalue weighted by Crippen LogP contribution is 2.35. The van der Waals surface area contributed by atoms with Gasteiger partial charge in [0.2, 0.25) is 0 Å². The van der Waals surface area contributed by atoms with Crippen molar-refractivity contribution in [3.63, 3.8) is 0 Å². The molecule has 0 aliphatic rings. The van der Waals surface area contributed by atoms with Gasteiger partial charge in [0, 0.05) is 11.3 Å². The van der Waals surface area contributed by atoms with Crippen LogP contribution >= 0.6 is 0 Å². The highest BCUT2D eigenvalue weighted by atomic mass is 17.5. The molecule has 1 aromatic rings. The van der Waals surface area contributed by atoms with Crippen LogP contribution in [0, 0.1) is 20.2 Å². The number of nitrogens with zero attached hydrogens (tertiary/aromatic N) is 2. The lowest BCUT2D eigenvalue weighted by Gasteiger charge is -2.25.